The number of anilines is 3. The third-order valence-corrected chi connectivity index (χ3v) is 3.50. The van der Waals surface area contributed by atoms with Gasteiger partial charge < -0.3 is 10.6 Å². The van der Waals surface area contributed by atoms with Gasteiger partial charge in [-0.15, -0.1) is 0 Å². The van der Waals surface area contributed by atoms with E-state index in [1.807, 2.05) is 37.3 Å². The third kappa shape index (κ3) is 4.64. The Balaban J connectivity index is 1.98. The molecule has 0 unspecified atom stereocenters. The summed E-state index contributed by atoms with van der Waals surface area (Å²) >= 11 is 6.00. The molecule has 0 saturated heterocycles. The van der Waals surface area contributed by atoms with Crippen LogP contribution < -0.4 is 10.6 Å². The Labute approximate surface area is 151 Å². The summed E-state index contributed by atoms with van der Waals surface area (Å²) in [6.45, 7) is 6.05. The van der Waals surface area contributed by atoms with E-state index in [0.717, 1.165) is 11.4 Å². The van der Waals surface area contributed by atoms with Crippen molar-refractivity contribution in [2.45, 2.75) is 26.8 Å². The standard InChI is InChI=1S/C18H19ClN6/c1-11(2)21-16-9-17(22-13-8-7-12(3)20-10-13)25-18(24-16)14-5-4-6-15(19)23-14/h4-11H,1-3H3,(H2,21,22,24,25). The Morgan fingerprint density at radius 3 is 2.48 bits per heavy atom. The Hall–Kier alpha value is -2.73. The fraction of sp³-hybridized carbons (Fsp3) is 0.222. The number of pyridine rings is 2. The minimum Gasteiger partial charge on any atom is -0.368 e. The summed E-state index contributed by atoms with van der Waals surface area (Å²) < 4.78 is 0. The molecule has 3 rings (SSSR count). The van der Waals surface area contributed by atoms with Gasteiger partial charge in [0, 0.05) is 17.8 Å². The first-order valence-corrected chi connectivity index (χ1v) is 8.35. The fourth-order valence-electron chi connectivity index (χ4n) is 2.22. The van der Waals surface area contributed by atoms with Crippen LogP contribution in [0, 0.1) is 6.92 Å². The first-order valence-electron chi connectivity index (χ1n) is 7.98. The van der Waals surface area contributed by atoms with Crippen LogP contribution in [-0.4, -0.2) is 26.0 Å². The van der Waals surface area contributed by atoms with Crippen molar-refractivity contribution in [3.63, 3.8) is 0 Å². The van der Waals surface area contributed by atoms with Gasteiger partial charge in [-0.2, -0.15) is 0 Å². The van der Waals surface area contributed by atoms with Crippen molar-refractivity contribution in [1.29, 1.82) is 0 Å². The molecule has 0 amide bonds. The molecule has 7 heteroatoms. The number of hydrogen-bond donors (Lipinski definition) is 2. The quantitative estimate of drug-likeness (QED) is 0.659. The minimum absolute atomic E-state index is 0.240. The molecular formula is C18H19ClN6. The molecule has 0 fully saturated rings. The number of halogens is 1. The highest BCUT2D eigenvalue weighted by molar-refractivity contribution is 6.29. The van der Waals surface area contributed by atoms with Crippen LogP contribution in [0.25, 0.3) is 11.5 Å². The molecule has 0 saturated carbocycles. The lowest BCUT2D eigenvalue weighted by molar-refractivity contribution is 0.887. The van der Waals surface area contributed by atoms with Crippen molar-refractivity contribution in [2.24, 2.45) is 0 Å². The molecule has 0 bridgehead atoms. The molecule has 0 aromatic carbocycles. The average molecular weight is 355 g/mol. The second kappa shape index (κ2) is 7.44. The summed E-state index contributed by atoms with van der Waals surface area (Å²) in [6, 6.07) is 11.4. The monoisotopic (exact) mass is 354 g/mol. The zero-order valence-corrected chi connectivity index (χ0v) is 15.0. The lowest BCUT2D eigenvalue weighted by Crippen LogP contribution is -2.12. The molecule has 128 valence electrons. The Morgan fingerprint density at radius 2 is 1.80 bits per heavy atom. The van der Waals surface area contributed by atoms with Crippen molar-refractivity contribution in [3.05, 3.63) is 53.4 Å². The lowest BCUT2D eigenvalue weighted by Gasteiger charge is -2.13. The van der Waals surface area contributed by atoms with Gasteiger partial charge in [0.25, 0.3) is 0 Å². The first kappa shape index (κ1) is 17.1. The van der Waals surface area contributed by atoms with E-state index < -0.39 is 0 Å². The molecule has 0 atom stereocenters. The molecule has 0 aliphatic heterocycles. The molecule has 3 aromatic rings. The predicted octanol–water partition coefficient (Wildman–Crippen LogP) is 4.46. The van der Waals surface area contributed by atoms with Crippen LogP contribution in [0.5, 0.6) is 0 Å². The summed E-state index contributed by atoms with van der Waals surface area (Å²) in [5.41, 5.74) is 2.43. The maximum Gasteiger partial charge on any atom is 0.182 e. The highest BCUT2D eigenvalue weighted by Crippen LogP contribution is 2.23. The predicted molar refractivity (Wildman–Crippen MR) is 101 cm³/mol. The molecule has 3 aromatic heterocycles. The zero-order valence-electron chi connectivity index (χ0n) is 14.3. The number of hydrogen-bond acceptors (Lipinski definition) is 6. The topological polar surface area (TPSA) is 75.6 Å². The van der Waals surface area contributed by atoms with Crippen LogP contribution in [0.3, 0.4) is 0 Å². The van der Waals surface area contributed by atoms with Gasteiger partial charge in [-0.1, -0.05) is 17.7 Å². The van der Waals surface area contributed by atoms with Gasteiger partial charge in [0.05, 0.1) is 11.9 Å². The van der Waals surface area contributed by atoms with Gasteiger partial charge in [0.2, 0.25) is 0 Å². The number of nitrogens with zero attached hydrogens (tertiary/aromatic N) is 4. The highest BCUT2D eigenvalue weighted by atomic mass is 35.5. The normalized spacial score (nSPS) is 10.8. The largest absolute Gasteiger partial charge is 0.368 e. The summed E-state index contributed by atoms with van der Waals surface area (Å²) in [5, 5.41) is 6.96. The summed E-state index contributed by atoms with van der Waals surface area (Å²) in [7, 11) is 0. The second-order valence-electron chi connectivity index (χ2n) is 5.92. The Kier molecular flexibility index (Phi) is 5.09. The lowest BCUT2D eigenvalue weighted by atomic mass is 10.3. The van der Waals surface area contributed by atoms with Gasteiger partial charge in [-0.25, -0.2) is 15.0 Å². The van der Waals surface area contributed by atoms with Crippen LogP contribution in [0.1, 0.15) is 19.5 Å². The highest BCUT2D eigenvalue weighted by Gasteiger charge is 2.10. The summed E-state index contributed by atoms with van der Waals surface area (Å²) in [6.07, 6.45) is 1.77. The summed E-state index contributed by atoms with van der Waals surface area (Å²) in [5.74, 6) is 1.86. The van der Waals surface area contributed by atoms with E-state index >= 15 is 0 Å². The van der Waals surface area contributed by atoms with Gasteiger partial charge in [-0.3, -0.25) is 4.98 Å². The van der Waals surface area contributed by atoms with Crippen LogP contribution in [0.2, 0.25) is 5.15 Å². The van der Waals surface area contributed by atoms with Crippen LogP contribution >= 0.6 is 11.6 Å². The van der Waals surface area contributed by atoms with E-state index in [-0.39, 0.29) is 6.04 Å². The third-order valence-electron chi connectivity index (χ3n) is 3.29. The van der Waals surface area contributed by atoms with E-state index in [1.165, 1.54) is 0 Å². The number of aromatic nitrogens is 4. The molecule has 25 heavy (non-hydrogen) atoms. The SMILES string of the molecule is Cc1ccc(Nc2cc(NC(C)C)nc(-c3cccc(Cl)n3)n2)cn1. The Morgan fingerprint density at radius 1 is 1.00 bits per heavy atom. The van der Waals surface area contributed by atoms with Crippen molar-refractivity contribution >= 4 is 28.9 Å². The summed E-state index contributed by atoms with van der Waals surface area (Å²) in [4.78, 5) is 17.7. The van der Waals surface area contributed by atoms with Crippen LogP contribution in [0.4, 0.5) is 17.3 Å². The molecule has 2 N–H and O–H groups in total. The van der Waals surface area contributed by atoms with Gasteiger partial charge in [0.15, 0.2) is 5.82 Å². The smallest absolute Gasteiger partial charge is 0.182 e. The number of nitrogens with one attached hydrogen (secondary N) is 2. The maximum absolute atomic E-state index is 6.00. The Bertz CT molecular complexity index is 864. The average Bonchev–Trinajstić information content (AvgIpc) is 2.56. The van der Waals surface area contributed by atoms with Crippen molar-refractivity contribution in [1.82, 2.24) is 19.9 Å². The second-order valence-corrected chi connectivity index (χ2v) is 6.31. The maximum atomic E-state index is 6.00. The number of aryl methyl sites for hydroxylation is 1. The fourth-order valence-corrected chi connectivity index (χ4v) is 2.38. The van der Waals surface area contributed by atoms with Gasteiger partial charge in [-0.05, 0) is 45.0 Å². The van der Waals surface area contributed by atoms with Crippen LogP contribution in [-0.2, 0) is 0 Å². The van der Waals surface area contributed by atoms with E-state index in [9.17, 15) is 0 Å². The van der Waals surface area contributed by atoms with Crippen molar-refractivity contribution in [2.75, 3.05) is 10.6 Å². The molecule has 3 heterocycles. The van der Waals surface area contributed by atoms with Gasteiger partial charge in [0.1, 0.15) is 22.5 Å². The first-order chi connectivity index (χ1) is 12.0. The van der Waals surface area contributed by atoms with Crippen molar-refractivity contribution in [3.8, 4) is 11.5 Å². The minimum atomic E-state index is 0.240. The zero-order chi connectivity index (χ0) is 17.8. The molecule has 0 radical (unpaired) electrons. The molecule has 6 nitrogen and oxygen atoms in total. The van der Waals surface area contributed by atoms with E-state index in [1.54, 1.807) is 12.3 Å². The van der Waals surface area contributed by atoms with E-state index in [2.05, 4.69) is 44.4 Å². The molecule has 0 aliphatic rings. The van der Waals surface area contributed by atoms with Crippen LogP contribution in [0.15, 0.2) is 42.6 Å². The molecule has 0 spiro atoms. The van der Waals surface area contributed by atoms with Gasteiger partial charge >= 0.3 is 0 Å². The van der Waals surface area contributed by atoms with E-state index in [4.69, 9.17) is 11.6 Å². The molecule has 0 aliphatic carbocycles. The van der Waals surface area contributed by atoms with Crippen molar-refractivity contribution < 1.29 is 0 Å². The van der Waals surface area contributed by atoms with E-state index in [0.29, 0.717) is 28.3 Å². The number of rotatable bonds is 5. The molecular weight excluding hydrogens is 336 g/mol.